The molecule has 0 bridgehead atoms. The first-order chi connectivity index (χ1) is 11.9. The van der Waals surface area contributed by atoms with Crippen molar-refractivity contribution in [3.05, 3.63) is 64.9 Å². The molecular weight excluding hydrogens is 345 g/mol. The average Bonchev–Trinajstić information content (AvgIpc) is 2.60. The second-order valence-corrected chi connectivity index (χ2v) is 6.05. The zero-order valence-corrected chi connectivity index (χ0v) is 14.5. The summed E-state index contributed by atoms with van der Waals surface area (Å²) >= 11 is 5.85. The van der Waals surface area contributed by atoms with Crippen LogP contribution in [0.4, 0.5) is 10.1 Å². The Morgan fingerprint density at radius 1 is 1.08 bits per heavy atom. The van der Waals surface area contributed by atoms with Crippen LogP contribution < -0.4 is 16.0 Å². The van der Waals surface area contributed by atoms with Gasteiger partial charge < -0.3 is 16.0 Å². The van der Waals surface area contributed by atoms with E-state index in [0.717, 1.165) is 5.56 Å². The zero-order chi connectivity index (χ0) is 18.2. The summed E-state index contributed by atoms with van der Waals surface area (Å²) in [5.74, 6) is -0.988. The van der Waals surface area contributed by atoms with Crippen LogP contribution in [0, 0.1) is 5.82 Å². The third kappa shape index (κ3) is 6.52. The van der Waals surface area contributed by atoms with Gasteiger partial charge in [-0.15, -0.1) is 0 Å². The molecule has 0 aliphatic carbocycles. The minimum absolute atomic E-state index is 0.0936. The minimum Gasteiger partial charge on any atom is -0.342 e. The van der Waals surface area contributed by atoms with Crippen molar-refractivity contribution in [2.75, 3.05) is 18.4 Å². The van der Waals surface area contributed by atoms with E-state index in [1.165, 1.54) is 24.3 Å². The van der Waals surface area contributed by atoms with E-state index in [0.29, 0.717) is 10.7 Å². The highest BCUT2D eigenvalue weighted by molar-refractivity contribution is 6.30. The molecule has 132 valence electrons. The van der Waals surface area contributed by atoms with Crippen LogP contribution in [0.3, 0.4) is 0 Å². The third-order valence-corrected chi connectivity index (χ3v) is 3.88. The highest BCUT2D eigenvalue weighted by atomic mass is 35.5. The number of carbonyl (C=O) groups is 2. The first kappa shape index (κ1) is 18.9. The molecule has 2 rings (SSSR count). The molecule has 0 saturated heterocycles. The monoisotopic (exact) mass is 364 g/mol. The van der Waals surface area contributed by atoms with E-state index in [9.17, 15) is 14.0 Å². The predicted octanol–water partition coefficient (Wildman–Crippen LogP) is 1.86. The van der Waals surface area contributed by atoms with Crippen LogP contribution in [-0.4, -0.2) is 24.9 Å². The molecule has 2 amide bonds. The maximum absolute atomic E-state index is 12.8. The normalized spacial score (nSPS) is 11.6. The number of anilines is 1. The Morgan fingerprint density at radius 2 is 1.72 bits per heavy atom. The van der Waals surface area contributed by atoms with Gasteiger partial charge >= 0.3 is 0 Å². The van der Waals surface area contributed by atoms with Gasteiger partial charge in [0.2, 0.25) is 5.91 Å². The largest absolute Gasteiger partial charge is 0.342 e. The van der Waals surface area contributed by atoms with E-state index in [1.807, 2.05) is 24.4 Å². The maximum Gasteiger partial charge on any atom is 0.275 e. The van der Waals surface area contributed by atoms with Crippen LogP contribution in [0.25, 0.3) is 0 Å². The summed E-state index contributed by atoms with van der Waals surface area (Å²) in [5.41, 5.74) is 1.54. The maximum atomic E-state index is 12.8. The third-order valence-electron chi connectivity index (χ3n) is 3.63. The molecule has 0 radical (unpaired) electrons. The second kappa shape index (κ2) is 9.15. The molecule has 25 heavy (non-hydrogen) atoms. The standard InChI is InChI=1S/C18H19ClFN3O2/c1-12(13-2-4-14(19)5-3-13)21-10-17(24)22-11-18(25)23-16-8-6-15(20)7-9-16/h2-9,12,21H,10-11H2,1H3,(H,22,24)(H,23,25)/p+1/t12-/m0/s1. The lowest BCUT2D eigenvalue weighted by atomic mass is 10.1. The number of nitrogens with two attached hydrogens (primary N) is 1. The molecule has 0 aliphatic heterocycles. The van der Waals surface area contributed by atoms with E-state index < -0.39 is 0 Å². The molecule has 7 heteroatoms. The number of quaternary nitrogens is 1. The first-order valence-corrected chi connectivity index (χ1v) is 8.23. The van der Waals surface area contributed by atoms with Gasteiger partial charge in [0.25, 0.3) is 5.91 Å². The molecule has 5 nitrogen and oxygen atoms in total. The molecule has 0 aromatic heterocycles. The molecule has 2 aromatic carbocycles. The van der Waals surface area contributed by atoms with Crippen molar-refractivity contribution in [1.29, 1.82) is 0 Å². The van der Waals surface area contributed by atoms with E-state index in [-0.39, 0.29) is 36.8 Å². The summed E-state index contributed by atoms with van der Waals surface area (Å²) in [5, 5.41) is 7.67. The Bertz CT molecular complexity index is 720. The van der Waals surface area contributed by atoms with Gasteiger partial charge in [-0.05, 0) is 43.3 Å². The van der Waals surface area contributed by atoms with Crippen molar-refractivity contribution in [2.45, 2.75) is 13.0 Å². The molecule has 0 spiro atoms. The van der Waals surface area contributed by atoms with Gasteiger partial charge in [-0.25, -0.2) is 4.39 Å². The Labute approximate surface area is 150 Å². The second-order valence-electron chi connectivity index (χ2n) is 5.61. The molecule has 0 heterocycles. The SMILES string of the molecule is C[C@H]([NH2+]CC(=O)NCC(=O)Nc1ccc(F)cc1)c1ccc(Cl)cc1. The number of carbonyl (C=O) groups excluding carboxylic acids is 2. The number of hydrogen-bond acceptors (Lipinski definition) is 2. The minimum atomic E-state index is -0.378. The molecule has 2 aromatic rings. The Balaban J connectivity index is 1.70. The van der Waals surface area contributed by atoms with E-state index >= 15 is 0 Å². The van der Waals surface area contributed by atoms with Gasteiger partial charge in [0, 0.05) is 16.3 Å². The number of amides is 2. The summed E-state index contributed by atoms with van der Waals surface area (Å²) < 4.78 is 12.8. The van der Waals surface area contributed by atoms with Gasteiger partial charge in [0.05, 0.1) is 6.54 Å². The van der Waals surface area contributed by atoms with Crippen molar-refractivity contribution in [3.8, 4) is 0 Å². The Morgan fingerprint density at radius 3 is 2.36 bits per heavy atom. The van der Waals surface area contributed by atoms with Gasteiger partial charge in [-0.2, -0.15) is 0 Å². The van der Waals surface area contributed by atoms with Crippen LogP contribution in [-0.2, 0) is 9.59 Å². The fourth-order valence-corrected chi connectivity index (χ4v) is 2.30. The van der Waals surface area contributed by atoms with E-state index in [2.05, 4.69) is 10.6 Å². The molecule has 0 fully saturated rings. The fourth-order valence-electron chi connectivity index (χ4n) is 2.18. The first-order valence-electron chi connectivity index (χ1n) is 7.85. The molecule has 1 atom stereocenters. The lowest BCUT2D eigenvalue weighted by Gasteiger charge is -2.11. The quantitative estimate of drug-likeness (QED) is 0.701. The van der Waals surface area contributed by atoms with Gasteiger partial charge in [-0.1, -0.05) is 23.7 Å². The molecule has 0 aliphatic rings. The number of benzene rings is 2. The molecular formula is C18H20ClFN3O2+. The highest BCUT2D eigenvalue weighted by Crippen LogP contribution is 2.13. The molecule has 0 saturated carbocycles. The topological polar surface area (TPSA) is 74.8 Å². The zero-order valence-electron chi connectivity index (χ0n) is 13.8. The van der Waals surface area contributed by atoms with Crippen molar-refractivity contribution >= 4 is 29.1 Å². The van der Waals surface area contributed by atoms with E-state index in [1.54, 1.807) is 12.1 Å². The fraction of sp³-hybridized carbons (Fsp3) is 0.222. The lowest BCUT2D eigenvalue weighted by molar-refractivity contribution is -0.682. The van der Waals surface area contributed by atoms with Gasteiger partial charge in [0.15, 0.2) is 6.54 Å². The van der Waals surface area contributed by atoms with Crippen LogP contribution in [0.5, 0.6) is 0 Å². The summed E-state index contributed by atoms with van der Waals surface area (Å²) in [6, 6.07) is 12.9. The number of hydrogen-bond donors (Lipinski definition) is 3. The van der Waals surface area contributed by atoms with Crippen molar-refractivity contribution in [2.24, 2.45) is 0 Å². The Hall–Kier alpha value is -2.44. The molecule has 0 unspecified atom stereocenters. The Kier molecular flexibility index (Phi) is 6.91. The van der Waals surface area contributed by atoms with Crippen LogP contribution in [0.2, 0.25) is 5.02 Å². The number of rotatable bonds is 7. The van der Waals surface area contributed by atoms with Crippen molar-refractivity contribution < 1.29 is 19.3 Å². The summed E-state index contributed by atoms with van der Waals surface area (Å²) in [6.07, 6.45) is 0. The summed E-state index contributed by atoms with van der Waals surface area (Å²) in [7, 11) is 0. The average molecular weight is 365 g/mol. The van der Waals surface area contributed by atoms with Gasteiger partial charge in [-0.3, -0.25) is 9.59 Å². The summed E-state index contributed by atoms with van der Waals surface area (Å²) in [4.78, 5) is 23.6. The van der Waals surface area contributed by atoms with Crippen LogP contribution in [0.1, 0.15) is 18.5 Å². The summed E-state index contributed by atoms with van der Waals surface area (Å²) in [6.45, 7) is 2.05. The van der Waals surface area contributed by atoms with Crippen molar-refractivity contribution in [3.63, 3.8) is 0 Å². The van der Waals surface area contributed by atoms with Gasteiger partial charge in [0.1, 0.15) is 11.9 Å². The number of halogens is 2. The van der Waals surface area contributed by atoms with Crippen LogP contribution >= 0.6 is 11.6 Å². The van der Waals surface area contributed by atoms with Crippen molar-refractivity contribution in [1.82, 2.24) is 5.32 Å². The number of nitrogens with one attached hydrogen (secondary N) is 2. The van der Waals surface area contributed by atoms with E-state index in [4.69, 9.17) is 11.6 Å². The smallest absolute Gasteiger partial charge is 0.275 e. The predicted molar refractivity (Wildman–Crippen MR) is 94.7 cm³/mol. The molecule has 4 N–H and O–H groups in total. The highest BCUT2D eigenvalue weighted by Gasteiger charge is 2.12. The van der Waals surface area contributed by atoms with Crippen LogP contribution in [0.15, 0.2) is 48.5 Å². The lowest BCUT2D eigenvalue weighted by Crippen LogP contribution is -2.87.